The summed E-state index contributed by atoms with van der Waals surface area (Å²) in [6, 6.07) is 21.1. The van der Waals surface area contributed by atoms with Crippen LogP contribution in [-0.4, -0.2) is 32.0 Å². The maximum absolute atomic E-state index is 13.2. The van der Waals surface area contributed by atoms with E-state index in [-0.39, 0.29) is 30.2 Å². The van der Waals surface area contributed by atoms with Gasteiger partial charge >= 0.3 is 0 Å². The Kier molecular flexibility index (Phi) is 7.44. The zero-order valence-corrected chi connectivity index (χ0v) is 22.6. The van der Waals surface area contributed by atoms with Crippen LogP contribution in [0.25, 0.3) is 5.69 Å². The molecule has 2 aromatic carbocycles. The quantitative estimate of drug-likeness (QED) is 0.267. The van der Waals surface area contributed by atoms with Gasteiger partial charge in [0, 0.05) is 46.9 Å². The van der Waals surface area contributed by atoms with Crippen LogP contribution in [0.3, 0.4) is 0 Å². The van der Waals surface area contributed by atoms with Gasteiger partial charge in [-0.1, -0.05) is 23.7 Å². The highest BCUT2D eigenvalue weighted by molar-refractivity contribution is 7.80. The van der Waals surface area contributed by atoms with Crippen molar-refractivity contribution in [3.05, 3.63) is 112 Å². The van der Waals surface area contributed by atoms with Crippen LogP contribution < -0.4 is 10.6 Å². The molecule has 0 spiro atoms. The van der Waals surface area contributed by atoms with E-state index in [4.69, 9.17) is 23.8 Å². The van der Waals surface area contributed by atoms with Crippen LogP contribution in [0.1, 0.15) is 41.1 Å². The summed E-state index contributed by atoms with van der Waals surface area (Å²) >= 11 is 12.1. The van der Waals surface area contributed by atoms with Crippen LogP contribution in [-0.2, 0) is 4.79 Å². The fraction of sp³-hybridized carbons (Fsp3) is 0.207. The molecule has 4 aromatic rings. The standard InChI is InChI=1S/C29H27ClFN5OS/c1-18-16-24(19(2)36(18)23-7-5-6-20(30)17-23)28-27(25-8-3-4-14-32-25)34-29(38)35(28)15-13-26(37)33-22-11-9-21(31)10-12-22/h3-12,14,16-17,27-28H,13,15H2,1-2H3,(H,33,37)(H,34,38)/t27-,28+/m0/s1. The van der Waals surface area contributed by atoms with E-state index in [2.05, 4.69) is 45.0 Å². The first kappa shape index (κ1) is 25.9. The number of hydrogen-bond donors (Lipinski definition) is 2. The molecule has 2 N–H and O–H groups in total. The first-order chi connectivity index (χ1) is 18.3. The van der Waals surface area contributed by atoms with Crippen LogP contribution in [0.5, 0.6) is 0 Å². The maximum atomic E-state index is 13.2. The lowest BCUT2D eigenvalue weighted by molar-refractivity contribution is -0.116. The summed E-state index contributed by atoms with van der Waals surface area (Å²) < 4.78 is 15.4. The Morgan fingerprint density at radius 3 is 2.61 bits per heavy atom. The summed E-state index contributed by atoms with van der Waals surface area (Å²) in [6.07, 6.45) is 1.98. The van der Waals surface area contributed by atoms with Crippen LogP contribution in [0.4, 0.5) is 10.1 Å². The van der Waals surface area contributed by atoms with Crippen molar-refractivity contribution in [2.75, 3.05) is 11.9 Å². The zero-order valence-electron chi connectivity index (χ0n) is 21.0. The first-order valence-electron chi connectivity index (χ1n) is 12.3. The summed E-state index contributed by atoms with van der Waals surface area (Å²) in [7, 11) is 0. The van der Waals surface area contributed by atoms with Crippen LogP contribution in [0.15, 0.2) is 79.0 Å². The van der Waals surface area contributed by atoms with E-state index in [0.717, 1.165) is 28.3 Å². The van der Waals surface area contributed by atoms with Gasteiger partial charge in [0.25, 0.3) is 0 Å². The second-order valence-corrected chi connectivity index (χ2v) is 10.1. The van der Waals surface area contributed by atoms with Gasteiger partial charge in [0.1, 0.15) is 5.82 Å². The van der Waals surface area contributed by atoms with Gasteiger partial charge in [-0.25, -0.2) is 4.39 Å². The van der Waals surface area contributed by atoms with Gasteiger partial charge in [-0.3, -0.25) is 9.78 Å². The Morgan fingerprint density at radius 2 is 1.89 bits per heavy atom. The Balaban J connectivity index is 1.46. The van der Waals surface area contributed by atoms with Gasteiger partial charge in [-0.05, 0) is 92.3 Å². The molecule has 1 saturated heterocycles. The van der Waals surface area contributed by atoms with Crippen LogP contribution in [0, 0.1) is 19.7 Å². The SMILES string of the molecule is Cc1cc([C@@H]2[C@H](c3ccccn3)NC(=S)N2CCC(=O)Nc2ccc(F)cc2)c(C)n1-c1cccc(Cl)c1. The maximum Gasteiger partial charge on any atom is 0.226 e. The summed E-state index contributed by atoms with van der Waals surface area (Å²) in [4.78, 5) is 19.4. The molecule has 2 atom stereocenters. The van der Waals surface area contributed by atoms with E-state index in [9.17, 15) is 9.18 Å². The highest BCUT2D eigenvalue weighted by atomic mass is 35.5. The topological polar surface area (TPSA) is 62.2 Å². The number of carbonyl (C=O) groups excluding carboxylic acids is 1. The monoisotopic (exact) mass is 547 g/mol. The highest BCUT2D eigenvalue weighted by Gasteiger charge is 2.41. The molecule has 3 heterocycles. The summed E-state index contributed by atoms with van der Waals surface area (Å²) in [6.45, 7) is 4.54. The minimum atomic E-state index is -0.352. The van der Waals surface area contributed by atoms with Gasteiger partial charge in [0.15, 0.2) is 5.11 Å². The van der Waals surface area contributed by atoms with Crippen molar-refractivity contribution < 1.29 is 9.18 Å². The van der Waals surface area contributed by atoms with E-state index in [0.29, 0.717) is 22.4 Å². The number of nitrogens with one attached hydrogen (secondary N) is 2. The molecule has 1 amide bonds. The second-order valence-electron chi connectivity index (χ2n) is 9.27. The number of anilines is 1. The van der Waals surface area contributed by atoms with E-state index in [1.54, 1.807) is 18.3 Å². The highest BCUT2D eigenvalue weighted by Crippen LogP contribution is 2.41. The normalized spacial score (nSPS) is 16.9. The van der Waals surface area contributed by atoms with E-state index < -0.39 is 0 Å². The number of benzene rings is 2. The van der Waals surface area contributed by atoms with E-state index in [1.165, 1.54) is 12.1 Å². The number of halogens is 2. The Hall–Kier alpha value is -3.75. The molecule has 9 heteroatoms. The number of rotatable bonds is 7. The van der Waals surface area contributed by atoms with Gasteiger partial charge in [-0.15, -0.1) is 0 Å². The van der Waals surface area contributed by atoms with Crippen molar-refractivity contribution in [2.45, 2.75) is 32.4 Å². The molecule has 0 unspecified atom stereocenters. The fourth-order valence-electron chi connectivity index (χ4n) is 5.06. The molecule has 0 bridgehead atoms. The molecule has 194 valence electrons. The molecule has 0 radical (unpaired) electrons. The predicted molar refractivity (Wildman–Crippen MR) is 152 cm³/mol. The molecule has 0 aliphatic carbocycles. The van der Waals surface area contributed by atoms with Gasteiger partial charge < -0.3 is 20.1 Å². The van der Waals surface area contributed by atoms with Crippen molar-refractivity contribution in [3.8, 4) is 5.69 Å². The number of aryl methyl sites for hydroxylation is 1. The minimum Gasteiger partial charge on any atom is -0.352 e. The van der Waals surface area contributed by atoms with Gasteiger partial charge in [0.05, 0.1) is 17.8 Å². The molecule has 5 rings (SSSR count). The predicted octanol–water partition coefficient (Wildman–Crippen LogP) is 6.28. The van der Waals surface area contributed by atoms with Crippen molar-refractivity contribution in [1.82, 2.24) is 19.8 Å². The Morgan fingerprint density at radius 1 is 1.11 bits per heavy atom. The molecule has 38 heavy (non-hydrogen) atoms. The van der Waals surface area contributed by atoms with Gasteiger partial charge in [0.2, 0.25) is 5.91 Å². The zero-order chi connectivity index (χ0) is 26.8. The number of carbonyl (C=O) groups is 1. The van der Waals surface area contributed by atoms with Gasteiger partial charge in [-0.2, -0.15) is 0 Å². The number of aromatic nitrogens is 2. The van der Waals surface area contributed by atoms with Crippen molar-refractivity contribution in [2.24, 2.45) is 0 Å². The third-order valence-corrected chi connectivity index (χ3v) is 7.35. The lowest BCUT2D eigenvalue weighted by Crippen LogP contribution is -2.32. The smallest absolute Gasteiger partial charge is 0.226 e. The Bertz CT molecular complexity index is 1470. The van der Waals surface area contributed by atoms with Crippen molar-refractivity contribution in [1.29, 1.82) is 0 Å². The summed E-state index contributed by atoms with van der Waals surface area (Å²) in [5.74, 6) is -0.529. The molecule has 2 aromatic heterocycles. The molecule has 0 saturated carbocycles. The third kappa shape index (κ3) is 5.28. The molecule has 1 aliphatic heterocycles. The number of thiocarbonyl (C=S) groups is 1. The molecular weight excluding hydrogens is 521 g/mol. The van der Waals surface area contributed by atoms with Crippen molar-refractivity contribution in [3.63, 3.8) is 0 Å². The third-order valence-electron chi connectivity index (χ3n) is 6.76. The molecule has 6 nitrogen and oxygen atoms in total. The average molecular weight is 548 g/mol. The van der Waals surface area contributed by atoms with E-state index in [1.807, 2.05) is 42.5 Å². The lowest BCUT2D eigenvalue weighted by atomic mass is 9.96. The lowest BCUT2D eigenvalue weighted by Gasteiger charge is -2.28. The fourth-order valence-corrected chi connectivity index (χ4v) is 5.58. The number of amides is 1. The van der Waals surface area contributed by atoms with Crippen LogP contribution in [0.2, 0.25) is 5.02 Å². The number of pyridine rings is 1. The van der Waals surface area contributed by atoms with Crippen molar-refractivity contribution >= 4 is 40.5 Å². The summed E-state index contributed by atoms with van der Waals surface area (Å²) in [5.41, 5.74) is 5.60. The second kappa shape index (κ2) is 10.9. The first-order valence-corrected chi connectivity index (χ1v) is 13.1. The molecule has 1 fully saturated rings. The number of hydrogen-bond acceptors (Lipinski definition) is 3. The Labute approximate surface area is 231 Å². The minimum absolute atomic E-state index is 0.177. The number of nitrogens with zero attached hydrogens (tertiary/aromatic N) is 3. The molecule has 1 aliphatic rings. The summed E-state index contributed by atoms with van der Waals surface area (Å²) in [5, 5.41) is 7.51. The average Bonchev–Trinajstić information content (AvgIpc) is 3.39. The van der Waals surface area contributed by atoms with Crippen LogP contribution >= 0.6 is 23.8 Å². The van der Waals surface area contributed by atoms with E-state index >= 15 is 0 Å². The molecular formula is C29H27ClFN5OS. The largest absolute Gasteiger partial charge is 0.352 e.